The van der Waals surface area contributed by atoms with Crippen LogP contribution >= 0.6 is 0 Å². The SMILES string of the molecule is COCO[C@H]1[C@H](OCOC)[C@H](O)[C@H]2[C@@H]([C@@H]1OCOC)[C@H]1C=C[C@@H]2C1. The lowest BCUT2D eigenvalue weighted by Gasteiger charge is -2.49. The minimum atomic E-state index is -0.630. The molecule has 0 aromatic carbocycles. The average Bonchev–Trinajstić information content (AvgIpc) is 3.20. The molecule has 1 N–H and O–H groups in total. The lowest BCUT2D eigenvalue weighted by atomic mass is 9.67. The van der Waals surface area contributed by atoms with Gasteiger partial charge in [0.1, 0.15) is 32.6 Å². The van der Waals surface area contributed by atoms with E-state index in [-0.39, 0.29) is 38.3 Å². The molecule has 0 radical (unpaired) electrons. The number of ether oxygens (including phenoxy) is 6. The van der Waals surface area contributed by atoms with Crippen molar-refractivity contribution in [2.24, 2.45) is 23.7 Å². The molecule has 2 saturated carbocycles. The smallest absolute Gasteiger partial charge is 0.146 e. The molecule has 0 unspecified atom stereocenters. The fraction of sp³-hybridized carbons (Fsp3) is 0.882. The van der Waals surface area contributed by atoms with Crippen LogP contribution in [0.3, 0.4) is 0 Å². The fourth-order valence-corrected chi connectivity index (χ4v) is 4.69. The predicted octanol–water partition coefficient (Wildman–Crippen LogP) is 0.766. The first kappa shape index (κ1) is 18.3. The number of aliphatic hydroxyl groups is 1. The standard InChI is InChI=1S/C17H28O7/c1-19-7-22-15-13-11-5-4-10(6-11)12(13)14(18)16(23-8-20-2)17(15)24-9-21-3/h4-5,10-18H,6-9H2,1-3H3/t10-,11+,12-,13+,14-,15+,16-,17-/m1/s1. The largest absolute Gasteiger partial charge is 0.390 e. The Kier molecular flexibility index (Phi) is 6.26. The van der Waals surface area contributed by atoms with Crippen LogP contribution in [0.15, 0.2) is 12.2 Å². The molecule has 0 aromatic heterocycles. The second-order valence-corrected chi connectivity index (χ2v) is 6.71. The molecular formula is C17H28O7. The van der Waals surface area contributed by atoms with Crippen molar-refractivity contribution in [2.75, 3.05) is 41.7 Å². The number of fused-ring (bicyclic) bond motifs is 5. The van der Waals surface area contributed by atoms with Crippen molar-refractivity contribution in [1.29, 1.82) is 0 Å². The molecule has 0 aromatic rings. The number of allylic oxidation sites excluding steroid dienone is 2. The number of rotatable bonds is 9. The van der Waals surface area contributed by atoms with Crippen LogP contribution in [0.2, 0.25) is 0 Å². The lowest BCUT2D eigenvalue weighted by Crippen LogP contribution is -2.62. The van der Waals surface area contributed by atoms with Gasteiger partial charge in [0.25, 0.3) is 0 Å². The Morgan fingerprint density at radius 1 is 0.750 bits per heavy atom. The van der Waals surface area contributed by atoms with Gasteiger partial charge in [-0.15, -0.1) is 0 Å². The van der Waals surface area contributed by atoms with Gasteiger partial charge in [-0.2, -0.15) is 0 Å². The van der Waals surface area contributed by atoms with Gasteiger partial charge in [-0.1, -0.05) is 12.2 Å². The van der Waals surface area contributed by atoms with E-state index < -0.39 is 18.3 Å². The molecule has 3 aliphatic rings. The quantitative estimate of drug-likeness (QED) is 0.489. The van der Waals surface area contributed by atoms with E-state index in [1.807, 2.05) is 0 Å². The van der Waals surface area contributed by atoms with Crippen molar-refractivity contribution in [3.8, 4) is 0 Å². The Bertz CT molecular complexity index is 429. The highest BCUT2D eigenvalue weighted by molar-refractivity contribution is 5.20. The predicted molar refractivity (Wildman–Crippen MR) is 84.0 cm³/mol. The summed E-state index contributed by atoms with van der Waals surface area (Å²) >= 11 is 0. The van der Waals surface area contributed by atoms with Crippen LogP contribution in [0, 0.1) is 23.7 Å². The highest BCUT2D eigenvalue weighted by Gasteiger charge is 2.60. The van der Waals surface area contributed by atoms with Crippen LogP contribution in [-0.4, -0.2) is 71.2 Å². The first-order valence-electron chi connectivity index (χ1n) is 8.41. The molecule has 0 aliphatic heterocycles. The molecule has 24 heavy (non-hydrogen) atoms. The number of methoxy groups -OCH3 is 3. The van der Waals surface area contributed by atoms with Crippen LogP contribution < -0.4 is 0 Å². The Morgan fingerprint density at radius 2 is 1.25 bits per heavy atom. The zero-order chi connectivity index (χ0) is 17.1. The summed E-state index contributed by atoms with van der Waals surface area (Å²) in [6, 6.07) is 0. The molecule has 0 spiro atoms. The van der Waals surface area contributed by atoms with Crippen molar-refractivity contribution in [1.82, 2.24) is 0 Å². The minimum Gasteiger partial charge on any atom is -0.390 e. The van der Waals surface area contributed by atoms with E-state index in [2.05, 4.69) is 12.2 Å². The van der Waals surface area contributed by atoms with Crippen LogP contribution in [0.25, 0.3) is 0 Å². The third-order valence-corrected chi connectivity index (χ3v) is 5.48. The van der Waals surface area contributed by atoms with Crippen molar-refractivity contribution >= 4 is 0 Å². The minimum absolute atomic E-state index is 0.0902. The lowest BCUT2D eigenvalue weighted by molar-refractivity contribution is -0.270. The normalized spacial score (nSPS) is 43.3. The van der Waals surface area contributed by atoms with E-state index in [1.54, 1.807) is 21.3 Å². The highest BCUT2D eigenvalue weighted by atomic mass is 16.7. The summed E-state index contributed by atoms with van der Waals surface area (Å²) in [5.41, 5.74) is 0. The summed E-state index contributed by atoms with van der Waals surface area (Å²) in [4.78, 5) is 0. The molecule has 8 atom stereocenters. The molecule has 0 saturated heterocycles. The molecule has 3 aliphatic carbocycles. The summed E-state index contributed by atoms with van der Waals surface area (Å²) in [7, 11) is 4.72. The van der Waals surface area contributed by atoms with E-state index in [4.69, 9.17) is 28.4 Å². The Hall–Kier alpha value is -0.540. The molecule has 2 bridgehead atoms. The monoisotopic (exact) mass is 344 g/mol. The number of hydrogen-bond donors (Lipinski definition) is 1. The van der Waals surface area contributed by atoms with Crippen LogP contribution in [0.4, 0.5) is 0 Å². The van der Waals surface area contributed by atoms with Gasteiger partial charge >= 0.3 is 0 Å². The van der Waals surface area contributed by atoms with Gasteiger partial charge in [0, 0.05) is 27.2 Å². The second-order valence-electron chi connectivity index (χ2n) is 6.71. The zero-order valence-electron chi connectivity index (χ0n) is 14.5. The Balaban J connectivity index is 1.85. The topological polar surface area (TPSA) is 75.6 Å². The maximum atomic E-state index is 11.0. The van der Waals surface area contributed by atoms with Crippen molar-refractivity contribution in [3.05, 3.63) is 12.2 Å². The zero-order valence-corrected chi connectivity index (χ0v) is 14.5. The van der Waals surface area contributed by atoms with Gasteiger partial charge in [-0.25, -0.2) is 0 Å². The maximum absolute atomic E-state index is 11.0. The Morgan fingerprint density at radius 3 is 1.83 bits per heavy atom. The second kappa shape index (κ2) is 8.23. The Labute approximate surface area is 142 Å². The molecule has 7 nitrogen and oxygen atoms in total. The van der Waals surface area contributed by atoms with E-state index >= 15 is 0 Å². The van der Waals surface area contributed by atoms with Crippen LogP contribution in [0.5, 0.6) is 0 Å². The molecule has 7 heteroatoms. The van der Waals surface area contributed by atoms with Crippen LogP contribution in [0.1, 0.15) is 6.42 Å². The third kappa shape index (κ3) is 3.26. The van der Waals surface area contributed by atoms with E-state index in [0.29, 0.717) is 11.8 Å². The third-order valence-electron chi connectivity index (χ3n) is 5.48. The molecule has 0 heterocycles. The fourth-order valence-electron chi connectivity index (χ4n) is 4.69. The highest BCUT2D eigenvalue weighted by Crippen LogP contribution is 2.55. The van der Waals surface area contributed by atoms with Gasteiger partial charge < -0.3 is 33.5 Å². The van der Waals surface area contributed by atoms with Gasteiger partial charge in [0.05, 0.1) is 12.2 Å². The van der Waals surface area contributed by atoms with E-state index in [1.165, 1.54) is 0 Å². The summed E-state index contributed by atoms with van der Waals surface area (Å²) in [5.74, 6) is 1.05. The van der Waals surface area contributed by atoms with Crippen molar-refractivity contribution in [3.63, 3.8) is 0 Å². The average molecular weight is 344 g/mol. The summed E-state index contributed by atoms with van der Waals surface area (Å²) in [6.45, 7) is 0.375. The van der Waals surface area contributed by atoms with Gasteiger partial charge in [0.15, 0.2) is 0 Å². The molecule has 138 valence electrons. The molecule has 2 fully saturated rings. The van der Waals surface area contributed by atoms with Gasteiger partial charge in [-0.3, -0.25) is 0 Å². The number of hydrogen-bond acceptors (Lipinski definition) is 7. The maximum Gasteiger partial charge on any atom is 0.146 e. The first-order valence-corrected chi connectivity index (χ1v) is 8.41. The van der Waals surface area contributed by atoms with Crippen molar-refractivity contribution < 1.29 is 33.5 Å². The van der Waals surface area contributed by atoms with E-state index in [9.17, 15) is 5.11 Å². The summed E-state index contributed by atoms with van der Waals surface area (Å²) in [6.07, 6.45) is 3.67. The first-order chi connectivity index (χ1) is 11.7. The van der Waals surface area contributed by atoms with Gasteiger partial charge in [-0.05, 0) is 24.2 Å². The van der Waals surface area contributed by atoms with Gasteiger partial charge in [0.2, 0.25) is 0 Å². The van der Waals surface area contributed by atoms with E-state index in [0.717, 1.165) is 6.42 Å². The molecule has 0 amide bonds. The summed E-state index contributed by atoms with van der Waals surface area (Å²) < 4.78 is 32.9. The number of aliphatic hydroxyl groups excluding tert-OH is 1. The van der Waals surface area contributed by atoms with Crippen molar-refractivity contribution in [2.45, 2.75) is 30.8 Å². The molecular weight excluding hydrogens is 316 g/mol. The summed E-state index contributed by atoms with van der Waals surface area (Å²) in [5, 5.41) is 11.0. The molecule has 3 rings (SSSR count). The van der Waals surface area contributed by atoms with Crippen LogP contribution in [-0.2, 0) is 28.4 Å².